The Bertz CT molecular complexity index is 776. The van der Waals surface area contributed by atoms with Crippen LogP contribution in [0.1, 0.15) is 36.0 Å². The summed E-state index contributed by atoms with van der Waals surface area (Å²) in [5.74, 6) is -0.0126. The number of amides is 1. The number of morpholine rings is 1. The SMILES string of the molecule is O=C(c1ccc(S(=O)(=O)N2CCOCC2)cc1)N1CCN(C2CCCC2)CC1. The van der Waals surface area contributed by atoms with Gasteiger partial charge in [-0.05, 0) is 37.1 Å². The summed E-state index contributed by atoms with van der Waals surface area (Å²) in [6.45, 7) is 4.92. The molecular formula is C20H29N3O4S. The van der Waals surface area contributed by atoms with Gasteiger partial charge in [-0.15, -0.1) is 0 Å². The average molecular weight is 408 g/mol. The van der Waals surface area contributed by atoms with Crippen LogP contribution in [0.3, 0.4) is 0 Å². The number of hydrogen-bond acceptors (Lipinski definition) is 5. The number of sulfonamides is 1. The van der Waals surface area contributed by atoms with Crippen molar-refractivity contribution in [3.05, 3.63) is 29.8 Å². The number of nitrogens with zero attached hydrogens (tertiary/aromatic N) is 3. The first kappa shape index (κ1) is 19.8. The van der Waals surface area contributed by atoms with E-state index in [0.717, 1.165) is 26.2 Å². The summed E-state index contributed by atoms with van der Waals surface area (Å²) in [5.41, 5.74) is 0.551. The van der Waals surface area contributed by atoms with E-state index in [1.54, 1.807) is 24.3 Å². The molecule has 1 aromatic carbocycles. The van der Waals surface area contributed by atoms with Crippen LogP contribution in [0.2, 0.25) is 0 Å². The Hall–Kier alpha value is -1.48. The normalized spacial score (nSPS) is 23.2. The molecule has 1 aliphatic carbocycles. The maximum atomic E-state index is 12.8. The molecule has 0 radical (unpaired) electrons. The second-order valence-electron chi connectivity index (χ2n) is 7.81. The number of piperazine rings is 1. The standard InChI is InChI=1S/C20H29N3O4S/c24-20(22-11-9-21(10-12-22)18-3-1-2-4-18)17-5-7-19(8-6-17)28(25,26)23-13-15-27-16-14-23/h5-8,18H,1-4,9-16H2. The number of ether oxygens (including phenoxy) is 1. The van der Waals surface area contributed by atoms with E-state index in [-0.39, 0.29) is 10.8 Å². The third-order valence-corrected chi connectivity index (χ3v) is 8.06. The van der Waals surface area contributed by atoms with Gasteiger partial charge in [-0.3, -0.25) is 9.69 Å². The van der Waals surface area contributed by atoms with E-state index in [1.807, 2.05) is 4.90 Å². The molecule has 2 saturated heterocycles. The Labute approximate surface area is 167 Å². The van der Waals surface area contributed by atoms with Crippen molar-refractivity contribution in [2.24, 2.45) is 0 Å². The molecule has 8 heteroatoms. The lowest BCUT2D eigenvalue weighted by molar-refractivity contribution is 0.0573. The second kappa shape index (κ2) is 8.49. The van der Waals surface area contributed by atoms with Crippen LogP contribution >= 0.6 is 0 Å². The molecule has 0 spiro atoms. The topological polar surface area (TPSA) is 70.2 Å². The highest BCUT2D eigenvalue weighted by molar-refractivity contribution is 7.89. The largest absolute Gasteiger partial charge is 0.379 e. The fraction of sp³-hybridized carbons (Fsp3) is 0.650. The first-order valence-electron chi connectivity index (χ1n) is 10.3. The van der Waals surface area contributed by atoms with E-state index < -0.39 is 10.0 Å². The summed E-state index contributed by atoms with van der Waals surface area (Å²) >= 11 is 0. The number of rotatable bonds is 4. The first-order valence-corrected chi connectivity index (χ1v) is 11.7. The Morgan fingerprint density at radius 2 is 1.50 bits per heavy atom. The van der Waals surface area contributed by atoms with Crippen LogP contribution in [0.5, 0.6) is 0 Å². The molecule has 7 nitrogen and oxygen atoms in total. The monoisotopic (exact) mass is 407 g/mol. The van der Waals surface area contributed by atoms with Gasteiger partial charge in [-0.1, -0.05) is 12.8 Å². The van der Waals surface area contributed by atoms with Crippen LogP contribution in [0.4, 0.5) is 0 Å². The molecule has 0 aromatic heterocycles. The summed E-state index contributed by atoms with van der Waals surface area (Å²) < 4.78 is 32.1. The van der Waals surface area contributed by atoms with E-state index in [0.29, 0.717) is 37.9 Å². The quantitative estimate of drug-likeness (QED) is 0.755. The molecule has 0 atom stereocenters. The van der Waals surface area contributed by atoms with E-state index >= 15 is 0 Å². The zero-order chi connectivity index (χ0) is 19.6. The van der Waals surface area contributed by atoms with Crippen molar-refractivity contribution in [2.75, 3.05) is 52.5 Å². The third-order valence-electron chi connectivity index (χ3n) is 6.15. The Kier molecular flexibility index (Phi) is 6.01. The Morgan fingerprint density at radius 1 is 0.893 bits per heavy atom. The summed E-state index contributed by atoms with van der Waals surface area (Å²) in [4.78, 5) is 17.5. The lowest BCUT2D eigenvalue weighted by Gasteiger charge is -2.38. The number of benzene rings is 1. The minimum absolute atomic E-state index is 0.0126. The highest BCUT2D eigenvalue weighted by Crippen LogP contribution is 2.25. The van der Waals surface area contributed by atoms with Gasteiger partial charge in [0.15, 0.2) is 0 Å². The van der Waals surface area contributed by atoms with Gasteiger partial charge in [-0.2, -0.15) is 4.31 Å². The van der Waals surface area contributed by atoms with E-state index in [2.05, 4.69) is 4.90 Å². The molecule has 1 saturated carbocycles. The molecule has 2 aliphatic heterocycles. The maximum absolute atomic E-state index is 12.8. The molecule has 1 amide bonds. The molecule has 0 bridgehead atoms. The van der Waals surface area contributed by atoms with E-state index in [4.69, 9.17) is 4.74 Å². The number of hydrogen-bond donors (Lipinski definition) is 0. The molecule has 4 rings (SSSR count). The van der Waals surface area contributed by atoms with Crippen LogP contribution in [0.25, 0.3) is 0 Å². The van der Waals surface area contributed by atoms with E-state index in [9.17, 15) is 13.2 Å². The van der Waals surface area contributed by atoms with Crippen LogP contribution in [-0.2, 0) is 14.8 Å². The van der Waals surface area contributed by atoms with Crippen LogP contribution in [0, 0.1) is 0 Å². The van der Waals surface area contributed by atoms with Crippen molar-refractivity contribution in [1.82, 2.24) is 14.1 Å². The van der Waals surface area contributed by atoms with Gasteiger partial charge in [0.1, 0.15) is 0 Å². The maximum Gasteiger partial charge on any atom is 0.253 e. The molecule has 1 aromatic rings. The van der Waals surface area contributed by atoms with Gasteiger partial charge < -0.3 is 9.64 Å². The molecule has 3 fully saturated rings. The van der Waals surface area contributed by atoms with Gasteiger partial charge in [0.25, 0.3) is 5.91 Å². The third kappa shape index (κ3) is 4.10. The lowest BCUT2D eigenvalue weighted by atomic mass is 10.1. The van der Waals surface area contributed by atoms with Crippen molar-refractivity contribution >= 4 is 15.9 Å². The highest BCUT2D eigenvalue weighted by atomic mass is 32.2. The minimum atomic E-state index is -3.52. The van der Waals surface area contributed by atoms with E-state index in [1.165, 1.54) is 30.0 Å². The molecular weight excluding hydrogens is 378 g/mol. The zero-order valence-corrected chi connectivity index (χ0v) is 17.1. The lowest BCUT2D eigenvalue weighted by Crippen LogP contribution is -2.51. The fourth-order valence-electron chi connectivity index (χ4n) is 4.45. The molecule has 154 valence electrons. The van der Waals surface area contributed by atoms with Crippen molar-refractivity contribution in [2.45, 2.75) is 36.6 Å². The van der Waals surface area contributed by atoms with Gasteiger partial charge in [-0.25, -0.2) is 8.42 Å². The smallest absolute Gasteiger partial charge is 0.253 e. The molecule has 28 heavy (non-hydrogen) atoms. The van der Waals surface area contributed by atoms with Gasteiger partial charge in [0.2, 0.25) is 10.0 Å². The second-order valence-corrected chi connectivity index (χ2v) is 9.75. The number of carbonyl (C=O) groups is 1. The summed E-state index contributed by atoms with van der Waals surface area (Å²) in [6, 6.07) is 7.07. The summed E-state index contributed by atoms with van der Waals surface area (Å²) in [6.07, 6.45) is 5.22. The van der Waals surface area contributed by atoms with Crippen molar-refractivity contribution in [1.29, 1.82) is 0 Å². The Morgan fingerprint density at radius 3 is 2.11 bits per heavy atom. The molecule has 0 N–H and O–H groups in total. The predicted molar refractivity (Wildman–Crippen MR) is 106 cm³/mol. The molecule has 3 aliphatic rings. The molecule has 0 unspecified atom stereocenters. The van der Waals surface area contributed by atoms with Crippen molar-refractivity contribution < 1.29 is 17.9 Å². The van der Waals surface area contributed by atoms with Gasteiger partial charge in [0, 0.05) is 50.9 Å². The minimum Gasteiger partial charge on any atom is -0.379 e. The van der Waals surface area contributed by atoms with Gasteiger partial charge in [0.05, 0.1) is 18.1 Å². The van der Waals surface area contributed by atoms with Crippen LogP contribution in [0.15, 0.2) is 29.2 Å². The predicted octanol–water partition coefficient (Wildman–Crippen LogP) is 1.41. The van der Waals surface area contributed by atoms with Crippen molar-refractivity contribution in [3.8, 4) is 0 Å². The first-order chi connectivity index (χ1) is 13.6. The Balaban J connectivity index is 1.37. The highest BCUT2D eigenvalue weighted by Gasteiger charge is 2.29. The molecule has 2 heterocycles. The van der Waals surface area contributed by atoms with Crippen LogP contribution < -0.4 is 0 Å². The fourth-order valence-corrected chi connectivity index (χ4v) is 5.86. The average Bonchev–Trinajstić information content (AvgIpc) is 3.29. The summed E-state index contributed by atoms with van der Waals surface area (Å²) in [5, 5.41) is 0. The van der Waals surface area contributed by atoms with Gasteiger partial charge >= 0.3 is 0 Å². The van der Waals surface area contributed by atoms with Crippen molar-refractivity contribution in [3.63, 3.8) is 0 Å². The number of carbonyl (C=O) groups excluding carboxylic acids is 1. The zero-order valence-electron chi connectivity index (χ0n) is 16.3. The summed E-state index contributed by atoms with van der Waals surface area (Å²) in [7, 11) is -3.52. The van der Waals surface area contributed by atoms with Crippen LogP contribution in [-0.4, -0.2) is 87.0 Å².